The third-order valence-corrected chi connectivity index (χ3v) is 6.20. The monoisotopic (exact) mass is 316 g/mol. The minimum Gasteiger partial charge on any atom is -0.315 e. The molecule has 1 aromatic rings. The van der Waals surface area contributed by atoms with E-state index in [1.807, 2.05) is 6.92 Å². The van der Waals surface area contributed by atoms with E-state index in [1.54, 1.807) is 29.4 Å². The van der Waals surface area contributed by atoms with Crippen molar-refractivity contribution in [3.05, 3.63) is 28.8 Å². The predicted molar refractivity (Wildman–Crippen MR) is 81.6 cm³/mol. The number of sulfonamides is 1. The van der Waals surface area contributed by atoms with E-state index >= 15 is 0 Å². The first-order valence-electron chi connectivity index (χ1n) is 6.96. The van der Waals surface area contributed by atoms with E-state index in [0.717, 1.165) is 25.9 Å². The second-order valence-corrected chi connectivity index (χ2v) is 7.39. The number of benzene rings is 1. The van der Waals surface area contributed by atoms with Gasteiger partial charge in [0.15, 0.2) is 0 Å². The van der Waals surface area contributed by atoms with Gasteiger partial charge in [-0.1, -0.05) is 24.6 Å². The van der Waals surface area contributed by atoms with Gasteiger partial charge < -0.3 is 5.32 Å². The minimum absolute atomic E-state index is 0.0401. The smallest absolute Gasteiger partial charge is 0.243 e. The zero-order valence-corrected chi connectivity index (χ0v) is 13.5. The molecule has 0 radical (unpaired) electrons. The first-order valence-corrected chi connectivity index (χ1v) is 8.78. The molecule has 1 saturated heterocycles. The van der Waals surface area contributed by atoms with E-state index < -0.39 is 10.0 Å². The SMILES string of the molecule is CCCN(C1CCNC1)S(=O)(=O)c1cccc(Cl)c1C. The molecule has 0 aliphatic carbocycles. The Morgan fingerprint density at radius 3 is 2.80 bits per heavy atom. The molecule has 1 N–H and O–H groups in total. The predicted octanol–water partition coefficient (Wildman–Crippen LogP) is 2.41. The maximum Gasteiger partial charge on any atom is 0.243 e. The van der Waals surface area contributed by atoms with Crippen molar-refractivity contribution >= 4 is 21.6 Å². The van der Waals surface area contributed by atoms with Gasteiger partial charge >= 0.3 is 0 Å². The van der Waals surface area contributed by atoms with Crippen LogP contribution in [0, 0.1) is 6.92 Å². The normalized spacial score (nSPS) is 19.7. The Morgan fingerprint density at radius 1 is 1.45 bits per heavy atom. The van der Waals surface area contributed by atoms with E-state index in [4.69, 9.17) is 11.6 Å². The Balaban J connectivity index is 2.42. The van der Waals surface area contributed by atoms with Gasteiger partial charge in [-0.3, -0.25) is 0 Å². The summed E-state index contributed by atoms with van der Waals surface area (Å²) >= 11 is 6.07. The van der Waals surface area contributed by atoms with Gasteiger partial charge in [0.05, 0.1) is 4.90 Å². The van der Waals surface area contributed by atoms with Crippen LogP contribution in [0.4, 0.5) is 0 Å². The van der Waals surface area contributed by atoms with Gasteiger partial charge in [-0.2, -0.15) is 4.31 Å². The maximum absolute atomic E-state index is 12.9. The number of hydrogen-bond acceptors (Lipinski definition) is 3. The van der Waals surface area contributed by atoms with Crippen LogP contribution in [0.2, 0.25) is 5.02 Å². The van der Waals surface area contributed by atoms with Gasteiger partial charge in [-0.05, 0) is 44.0 Å². The van der Waals surface area contributed by atoms with Gasteiger partial charge in [-0.15, -0.1) is 0 Å². The topological polar surface area (TPSA) is 49.4 Å². The van der Waals surface area contributed by atoms with Crippen LogP contribution < -0.4 is 5.32 Å². The average Bonchev–Trinajstić information content (AvgIpc) is 2.92. The zero-order chi connectivity index (χ0) is 14.8. The number of rotatable bonds is 5. The quantitative estimate of drug-likeness (QED) is 0.907. The van der Waals surface area contributed by atoms with Gasteiger partial charge in [0.1, 0.15) is 0 Å². The lowest BCUT2D eigenvalue weighted by atomic mass is 10.2. The Labute approximate surface area is 126 Å². The molecule has 1 atom stereocenters. The highest BCUT2D eigenvalue weighted by molar-refractivity contribution is 7.89. The second-order valence-electron chi connectivity index (χ2n) is 5.13. The third kappa shape index (κ3) is 3.01. The van der Waals surface area contributed by atoms with Crippen LogP contribution in [-0.2, 0) is 10.0 Å². The summed E-state index contributed by atoms with van der Waals surface area (Å²) in [5.74, 6) is 0. The molecule has 0 bridgehead atoms. The summed E-state index contributed by atoms with van der Waals surface area (Å²) < 4.78 is 27.5. The van der Waals surface area contributed by atoms with E-state index in [1.165, 1.54) is 0 Å². The van der Waals surface area contributed by atoms with Crippen molar-refractivity contribution < 1.29 is 8.42 Å². The number of nitrogens with zero attached hydrogens (tertiary/aromatic N) is 1. The number of nitrogens with one attached hydrogen (secondary N) is 1. The van der Waals surface area contributed by atoms with Gasteiger partial charge in [0.25, 0.3) is 0 Å². The molecule has 6 heteroatoms. The van der Waals surface area contributed by atoms with Crippen molar-refractivity contribution in [3.8, 4) is 0 Å². The van der Waals surface area contributed by atoms with Gasteiger partial charge in [0.2, 0.25) is 10.0 Å². The van der Waals surface area contributed by atoms with Crippen LogP contribution in [-0.4, -0.2) is 38.4 Å². The lowest BCUT2D eigenvalue weighted by Gasteiger charge is -2.28. The lowest BCUT2D eigenvalue weighted by Crippen LogP contribution is -2.42. The molecule has 1 heterocycles. The highest BCUT2D eigenvalue weighted by Gasteiger charge is 2.33. The van der Waals surface area contributed by atoms with Crippen molar-refractivity contribution in [1.29, 1.82) is 0 Å². The van der Waals surface area contributed by atoms with Crippen LogP contribution in [0.1, 0.15) is 25.3 Å². The van der Waals surface area contributed by atoms with Crippen LogP contribution in [0.25, 0.3) is 0 Å². The highest BCUT2D eigenvalue weighted by atomic mass is 35.5. The molecule has 0 spiro atoms. The van der Waals surface area contributed by atoms with E-state index in [2.05, 4.69) is 5.32 Å². The highest BCUT2D eigenvalue weighted by Crippen LogP contribution is 2.27. The Morgan fingerprint density at radius 2 is 2.20 bits per heavy atom. The first kappa shape index (κ1) is 15.8. The van der Waals surface area contributed by atoms with Crippen LogP contribution in [0.15, 0.2) is 23.1 Å². The molecular weight excluding hydrogens is 296 g/mol. The summed E-state index contributed by atoms with van der Waals surface area (Å²) in [6.07, 6.45) is 1.66. The van der Waals surface area contributed by atoms with Gasteiger partial charge in [-0.25, -0.2) is 8.42 Å². The molecule has 112 valence electrons. The summed E-state index contributed by atoms with van der Waals surface area (Å²) in [4.78, 5) is 0.324. The largest absolute Gasteiger partial charge is 0.315 e. The van der Waals surface area contributed by atoms with E-state index in [0.29, 0.717) is 22.0 Å². The molecule has 1 aromatic carbocycles. The summed E-state index contributed by atoms with van der Waals surface area (Å²) in [6, 6.07) is 5.09. The fourth-order valence-electron chi connectivity index (χ4n) is 2.60. The molecule has 2 rings (SSSR count). The Hall–Kier alpha value is -0.620. The molecular formula is C14H21ClN2O2S. The fraction of sp³-hybridized carbons (Fsp3) is 0.571. The molecule has 4 nitrogen and oxygen atoms in total. The molecule has 0 aromatic heterocycles. The molecule has 1 unspecified atom stereocenters. The molecule has 1 aliphatic rings. The Kier molecular flexibility index (Phi) is 5.07. The minimum atomic E-state index is -3.49. The molecule has 1 fully saturated rings. The van der Waals surface area contributed by atoms with Crippen molar-refractivity contribution in [3.63, 3.8) is 0 Å². The van der Waals surface area contributed by atoms with Crippen molar-refractivity contribution in [2.24, 2.45) is 0 Å². The van der Waals surface area contributed by atoms with Crippen molar-refractivity contribution in [1.82, 2.24) is 9.62 Å². The Bertz CT molecular complexity index is 569. The van der Waals surface area contributed by atoms with Gasteiger partial charge in [0, 0.05) is 24.2 Å². The average molecular weight is 317 g/mol. The fourth-order valence-corrected chi connectivity index (χ4v) is 4.82. The second kappa shape index (κ2) is 6.43. The van der Waals surface area contributed by atoms with Crippen molar-refractivity contribution in [2.45, 2.75) is 37.6 Å². The maximum atomic E-state index is 12.9. The molecule has 0 amide bonds. The molecule has 1 aliphatic heterocycles. The molecule has 20 heavy (non-hydrogen) atoms. The third-order valence-electron chi connectivity index (χ3n) is 3.69. The van der Waals surface area contributed by atoms with Crippen molar-refractivity contribution in [2.75, 3.05) is 19.6 Å². The number of halogens is 1. The van der Waals surface area contributed by atoms with Crippen LogP contribution in [0.5, 0.6) is 0 Å². The van der Waals surface area contributed by atoms with E-state index in [-0.39, 0.29) is 6.04 Å². The summed E-state index contributed by atoms with van der Waals surface area (Å²) in [5, 5.41) is 3.72. The first-order chi connectivity index (χ1) is 9.48. The standard InChI is InChI=1S/C14H21ClN2O2S/c1-3-9-17(12-7-8-16-10-12)20(18,19)14-6-4-5-13(15)11(14)2/h4-6,12,16H,3,7-10H2,1-2H3. The lowest BCUT2D eigenvalue weighted by molar-refractivity contribution is 0.335. The summed E-state index contributed by atoms with van der Waals surface area (Å²) in [5.41, 5.74) is 0.626. The zero-order valence-electron chi connectivity index (χ0n) is 11.9. The van der Waals surface area contributed by atoms with Crippen LogP contribution >= 0.6 is 11.6 Å². The number of hydrogen-bond donors (Lipinski definition) is 1. The molecule has 0 saturated carbocycles. The summed E-state index contributed by atoms with van der Waals surface area (Å²) in [7, 11) is -3.49. The summed E-state index contributed by atoms with van der Waals surface area (Å²) in [6.45, 7) is 5.89. The van der Waals surface area contributed by atoms with Crippen LogP contribution in [0.3, 0.4) is 0 Å². The van der Waals surface area contributed by atoms with E-state index in [9.17, 15) is 8.42 Å².